The van der Waals surface area contributed by atoms with Gasteiger partial charge in [0.15, 0.2) is 13.1 Å². The normalized spacial score (nSPS) is 11.5. The zero-order valence-corrected chi connectivity index (χ0v) is 15.6. The Balaban J connectivity index is 1.71. The van der Waals surface area contributed by atoms with Crippen molar-refractivity contribution in [3.8, 4) is 5.75 Å². The maximum Gasteiger partial charge on any atom is 0.279 e. The lowest BCUT2D eigenvalue weighted by molar-refractivity contribution is -0.862. The zero-order chi connectivity index (χ0) is 18.9. The van der Waals surface area contributed by atoms with Gasteiger partial charge in [-0.25, -0.2) is 0 Å². The van der Waals surface area contributed by atoms with Crippen molar-refractivity contribution in [3.05, 3.63) is 59.1 Å². The van der Waals surface area contributed by atoms with Crippen LogP contribution in [0.2, 0.25) is 5.02 Å². The number of ether oxygens (including phenoxy) is 1. The summed E-state index contributed by atoms with van der Waals surface area (Å²) in [4.78, 5) is 24.8. The van der Waals surface area contributed by atoms with Crippen LogP contribution in [0, 0.1) is 0 Å². The summed E-state index contributed by atoms with van der Waals surface area (Å²) in [5.74, 6) is 0.501. The number of carbonyl (C=O) groups is 2. The van der Waals surface area contributed by atoms with Crippen LogP contribution in [0.1, 0.15) is 5.56 Å². The highest BCUT2D eigenvalue weighted by Crippen LogP contribution is 2.13. The molecule has 6 nitrogen and oxygen atoms in total. The molecular formula is C19H23ClN3O3+. The summed E-state index contributed by atoms with van der Waals surface area (Å²) >= 11 is 5.81. The number of carbonyl (C=O) groups excluding carboxylic acids is 2. The minimum Gasteiger partial charge on any atom is -0.497 e. The molecule has 0 saturated carbocycles. The van der Waals surface area contributed by atoms with Crippen molar-refractivity contribution in [1.29, 1.82) is 0 Å². The number of amides is 2. The first kappa shape index (κ1) is 19.8. The summed E-state index contributed by atoms with van der Waals surface area (Å²) in [6.45, 7) is 0.843. The molecule has 3 N–H and O–H groups in total. The van der Waals surface area contributed by atoms with E-state index in [1.54, 1.807) is 38.4 Å². The van der Waals surface area contributed by atoms with E-state index in [4.69, 9.17) is 16.3 Å². The Hall–Kier alpha value is -2.57. The highest BCUT2D eigenvalue weighted by atomic mass is 35.5. The van der Waals surface area contributed by atoms with E-state index in [-0.39, 0.29) is 24.9 Å². The molecule has 0 fully saturated rings. The molecule has 0 aliphatic heterocycles. The van der Waals surface area contributed by atoms with Crippen LogP contribution in [0.25, 0.3) is 0 Å². The standard InChI is InChI=1S/C19H22ClN3O3/c1-23(13-19(25)22-16-7-5-15(20)6-8-16)12-18(24)21-11-14-3-9-17(26-2)10-4-14/h3-10H,11-13H2,1-2H3,(H,21,24)(H,22,25)/p+1. The van der Waals surface area contributed by atoms with Gasteiger partial charge in [-0.1, -0.05) is 23.7 Å². The van der Waals surface area contributed by atoms with Gasteiger partial charge in [0.05, 0.1) is 14.2 Å². The van der Waals surface area contributed by atoms with Crippen molar-refractivity contribution in [3.63, 3.8) is 0 Å². The Morgan fingerprint density at radius 1 is 1.00 bits per heavy atom. The highest BCUT2D eigenvalue weighted by molar-refractivity contribution is 6.30. The summed E-state index contributed by atoms with van der Waals surface area (Å²) in [6, 6.07) is 14.4. The summed E-state index contributed by atoms with van der Waals surface area (Å²) in [6.07, 6.45) is 0. The van der Waals surface area contributed by atoms with Gasteiger partial charge in [-0.3, -0.25) is 9.59 Å². The fraction of sp³-hybridized carbons (Fsp3) is 0.263. The van der Waals surface area contributed by atoms with Gasteiger partial charge in [-0.15, -0.1) is 0 Å². The van der Waals surface area contributed by atoms with Crippen LogP contribution in [-0.2, 0) is 16.1 Å². The Bertz CT molecular complexity index is 733. The van der Waals surface area contributed by atoms with Crippen molar-refractivity contribution < 1.29 is 19.2 Å². The van der Waals surface area contributed by atoms with E-state index in [0.717, 1.165) is 16.2 Å². The lowest BCUT2D eigenvalue weighted by Crippen LogP contribution is -3.11. The van der Waals surface area contributed by atoms with Crippen molar-refractivity contribution in [1.82, 2.24) is 5.32 Å². The first-order chi connectivity index (χ1) is 12.5. The molecule has 26 heavy (non-hydrogen) atoms. The molecule has 7 heteroatoms. The van der Waals surface area contributed by atoms with Crippen LogP contribution in [0.4, 0.5) is 5.69 Å². The van der Waals surface area contributed by atoms with Crippen molar-refractivity contribution in [2.24, 2.45) is 0 Å². The second-order valence-corrected chi connectivity index (χ2v) is 6.43. The summed E-state index contributed by atoms with van der Waals surface area (Å²) < 4.78 is 5.10. The van der Waals surface area contributed by atoms with Gasteiger partial charge in [0.1, 0.15) is 5.75 Å². The zero-order valence-electron chi connectivity index (χ0n) is 14.8. The van der Waals surface area contributed by atoms with E-state index < -0.39 is 0 Å². The molecule has 0 aliphatic rings. The monoisotopic (exact) mass is 376 g/mol. The first-order valence-electron chi connectivity index (χ1n) is 8.22. The lowest BCUT2D eigenvalue weighted by Gasteiger charge is -2.14. The molecule has 2 rings (SSSR count). The third kappa shape index (κ3) is 6.74. The summed E-state index contributed by atoms with van der Waals surface area (Å²) in [5, 5.41) is 6.24. The third-order valence-corrected chi connectivity index (χ3v) is 3.95. The number of halogens is 1. The first-order valence-corrected chi connectivity index (χ1v) is 8.60. The van der Waals surface area contributed by atoms with Gasteiger partial charge in [0.25, 0.3) is 11.8 Å². The molecule has 0 spiro atoms. The molecule has 2 aromatic rings. The number of anilines is 1. The van der Waals surface area contributed by atoms with Gasteiger partial charge < -0.3 is 20.3 Å². The highest BCUT2D eigenvalue weighted by Gasteiger charge is 2.14. The number of benzene rings is 2. The molecule has 0 radical (unpaired) electrons. The molecule has 138 valence electrons. The number of methoxy groups -OCH3 is 1. The Morgan fingerprint density at radius 2 is 1.62 bits per heavy atom. The quantitative estimate of drug-likeness (QED) is 0.646. The molecule has 0 aromatic heterocycles. The molecule has 0 heterocycles. The van der Waals surface area contributed by atoms with Crippen LogP contribution >= 0.6 is 11.6 Å². The summed E-state index contributed by atoms with van der Waals surface area (Å²) in [5.41, 5.74) is 1.66. The molecule has 1 unspecified atom stereocenters. The maximum atomic E-state index is 12.0. The smallest absolute Gasteiger partial charge is 0.279 e. The van der Waals surface area contributed by atoms with Crippen molar-refractivity contribution in [2.75, 3.05) is 32.6 Å². The number of hydrogen-bond acceptors (Lipinski definition) is 3. The van der Waals surface area contributed by atoms with Gasteiger partial charge in [-0.2, -0.15) is 0 Å². The van der Waals surface area contributed by atoms with Gasteiger partial charge in [0.2, 0.25) is 0 Å². The van der Waals surface area contributed by atoms with E-state index in [1.165, 1.54) is 0 Å². The molecule has 2 aromatic carbocycles. The second-order valence-electron chi connectivity index (χ2n) is 5.99. The van der Waals surface area contributed by atoms with Gasteiger partial charge >= 0.3 is 0 Å². The Kier molecular flexibility index (Phi) is 7.44. The summed E-state index contributed by atoms with van der Waals surface area (Å²) in [7, 11) is 3.41. The Morgan fingerprint density at radius 3 is 2.23 bits per heavy atom. The van der Waals surface area contributed by atoms with E-state index in [2.05, 4.69) is 10.6 Å². The SMILES string of the molecule is COc1ccc(CNC(=O)C[NH+](C)CC(=O)Nc2ccc(Cl)cc2)cc1. The lowest BCUT2D eigenvalue weighted by atomic mass is 10.2. The van der Waals surface area contributed by atoms with E-state index in [1.807, 2.05) is 24.3 Å². The fourth-order valence-electron chi connectivity index (χ4n) is 2.36. The van der Waals surface area contributed by atoms with Crippen molar-refractivity contribution >= 4 is 29.1 Å². The minimum atomic E-state index is -0.159. The van der Waals surface area contributed by atoms with Crippen molar-refractivity contribution in [2.45, 2.75) is 6.54 Å². The average Bonchev–Trinajstić information content (AvgIpc) is 2.62. The third-order valence-electron chi connectivity index (χ3n) is 3.70. The van der Waals surface area contributed by atoms with Crippen LogP contribution in [0.5, 0.6) is 5.75 Å². The molecular weight excluding hydrogens is 354 g/mol. The van der Waals surface area contributed by atoms with Gasteiger partial charge in [-0.05, 0) is 42.0 Å². The van der Waals surface area contributed by atoms with E-state index in [9.17, 15) is 9.59 Å². The Labute approximate surface area is 158 Å². The predicted molar refractivity (Wildman–Crippen MR) is 102 cm³/mol. The molecule has 0 aliphatic carbocycles. The molecule has 2 amide bonds. The molecule has 1 atom stereocenters. The maximum absolute atomic E-state index is 12.0. The number of nitrogens with one attached hydrogen (secondary N) is 3. The predicted octanol–water partition coefficient (Wildman–Crippen LogP) is 1.12. The minimum absolute atomic E-state index is 0.113. The number of quaternary nitrogens is 1. The second kappa shape index (κ2) is 9.79. The van der Waals surface area contributed by atoms with E-state index >= 15 is 0 Å². The molecule has 0 bridgehead atoms. The fourth-order valence-corrected chi connectivity index (χ4v) is 2.48. The largest absolute Gasteiger partial charge is 0.497 e. The number of likely N-dealkylation sites (N-methyl/N-ethyl adjacent to an activating group) is 1. The van der Waals surface area contributed by atoms with Crippen LogP contribution in [0.15, 0.2) is 48.5 Å². The van der Waals surface area contributed by atoms with Crippen LogP contribution in [0.3, 0.4) is 0 Å². The average molecular weight is 377 g/mol. The number of hydrogen-bond donors (Lipinski definition) is 3. The van der Waals surface area contributed by atoms with Crippen LogP contribution < -0.4 is 20.3 Å². The van der Waals surface area contributed by atoms with E-state index in [0.29, 0.717) is 17.3 Å². The van der Waals surface area contributed by atoms with Crippen LogP contribution in [-0.4, -0.2) is 39.1 Å². The molecule has 0 saturated heterocycles. The topological polar surface area (TPSA) is 71.9 Å². The van der Waals surface area contributed by atoms with Gasteiger partial charge in [0, 0.05) is 17.3 Å². The number of rotatable bonds is 8.